The van der Waals surface area contributed by atoms with Crippen molar-refractivity contribution in [2.75, 3.05) is 5.32 Å². The number of para-hydroxylation sites is 1. The molecule has 8 rings (SSSR count). The zero-order chi connectivity index (χ0) is 38.3. The third kappa shape index (κ3) is 7.65. The number of benzene rings is 5. The van der Waals surface area contributed by atoms with Crippen LogP contribution in [0, 0.1) is 11.3 Å². The van der Waals surface area contributed by atoms with Crippen molar-refractivity contribution in [2.45, 2.75) is 13.3 Å². The van der Waals surface area contributed by atoms with E-state index in [4.69, 9.17) is 19.9 Å². The number of fused-ring (bicyclic) bond motifs is 1. The summed E-state index contributed by atoms with van der Waals surface area (Å²) < 4.78 is 0. The van der Waals surface area contributed by atoms with Crippen LogP contribution in [0.5, 0.6) is 0 Å². The lowest BCUT2D eigenvalue weighted by molar-refractivity contribution is 0.878. The topological polar surface area (TPSA) is 99.8 Å². The first-order chi connectivity index (χ1) is 27.6. The van der Waals surface area contributed by atoms with Gasteiger partial charge in [0.1, 0.15) is 5.70 Å². The predicted octanol–water partition coefficient (Wildman–Crippen LogP) is 11.6. The standard InChI is InChI=1S/C49H39N7/c1-3-43(53-44(4-2)49-55-47(34-16-7-5-8-17-34)54-48(56-49)35-27-29-51-30-28-35)38-20-13-18-36(31-38)37-19-14-21-39(32-37)45(50)42-26-25-33-15-11-12-24-41(33)46(42)52-40-22-9-6-10-23-40/h3-31,39,50,52H,1,32H2,2H3/b44-4-,50-45?,53-43+. The molecule has 0 spiro atoms. The lowest BCUT2D eigenvalue weighted by Gasteiger charge is -2.23. The van der Waals surface area contributed by atoms with Gasteiger partial charge < -0.3 is 10.7 Å². The van der Waals surface area contributed by atoms with Crippen LogP contribution < -0.4 is 5.32 Å². The highest BCUT2D eigenvalue weighted by atomic mass is 15.1. The molecule has 0 aliphatic heterocycles. The number of rotatable bonds is 11. The molecule has 0 amide bonds. The van der Waals surface area contributed by atoms with Gasteiger partial charge in [-0.1, -0.05) is 134 Å². The van der Waals surface area contributed by atoms with Gasteiger partial charge in [-0.3, -0.25) is 4.98 Å². The molecule has 7 aromatic rings. The summed E-state index contributed by atoms with van der Waals surface area (Å²) in [5.74, 6) is 1.44. The highest BCUT2D eigenvalue weighted by Crippen LogP contribution is 2.36. The number of aromatic nitrogens is 4. The van der Waals surface area contributed by atoms with E-state index in [1.165, 1.54) is 0 Å². The molecule has 2 heterocycles. The SMILES string of the molecule is C=C/C(=N\C(=C/C)c1nc(-c2ccccc2)nc(-c2ccncc2)n1)c1cccc(C2=CC=CC(C(=N)c3ccc4ccccc4c3Nc3ccccc3)C2)c1. The lowest BCUT2D eigenvalue weighted by Crippen LogP contribution is -2.17. The average molecular weight is 726 g/mol. The molecule has 5 aromatic carbocycles. The zero-order valence-electron chi connectivity index (χ0n) is 31.0. The molecular weight excluding hydrogens is 687 g/mol. The van der Waals surface area contributed by atoms with Crippen molar-refractivity contribution in [3.63, 3.8) is 0 Å². The lowest BCUT2D eigenvalue weighted by atomic mass is 9.83. The Morgan fingerprint density at radius 3 is 2.21 bits per heavy atom. The monoisotopic (exact) mass is 725 g/mol. The van der Waals surface area contributed by atoms with E-state index in [0.29, 0.717) is 41.0 Å². The molecule has 1 aliphatic rings. The van der Waals surface area contributed by atoms with Crippen molar-refractivity contribution >= 4 is 44.8 Å². The summed E-state index contributed by atoms with van der Waals surface area (Å²) in [6.07, 6.45) is 14.2. The van der Waals surface area contributed by atoms with Crippen LogP contribution in [0.15, 0.2) is 188 Å². The molecule has 0 saturated carbocycles. The second-order valence-electron chi connectivity index (χ2n) is 13.4. The molecule has 2 aromatic heterocycles. The Balaban J connectivity index is 1.09. The van der Waals surface area contributed by atoms with Crippen LogP contribution in [0.2, 0.25) is 0 Å². The van der Waals surface area contributed by atoms with Crippen molar-refractivity contribution in [3.8, 4) is 22.8 Å². The van der Waals surface area contributed by atoms with Crippen molar-refractivity contribution in [2.24, 2.45) is 10.9 Å². The van der Waals surface area contributed by atoms with Crippen LogP contribution in [-0.4, -0.2) is 31.4 Å². The smallest absolute Gasteiger partial charge is 0.182 e. The maximum atomic E-state index is 9.54. The van der Waals surface area contributed by atoms with Gasteiger partial charge in [0, 0.05) is 57.4 Å². The number of pyridine rings is 1. The van der Waals surface area contributed by atoms with Crippen LogP contribution in [0.1, 0.15) is 35.9 Å². The predicted molar refractivity (Wildman–Crippen MR) is 231 cm³/mol. The van der Waals surface area contributed by atoms with Gasteiger partial charge in [-0.25, -0.2) is 19.9 Å². The van der Waals surface area contributed by atoms with Gasteiger partial charge in [0.2, 0.25) is 0 Å². The molecular formula is C49H39N7. The fraction of sp³-hybridized carbons (Fsp3) is 0.0612. The van der Waals surface area contributed by atoms with Crippen molar-refractivity contribution in [1.29, 1.82) is 5.41 Å². The van der Waals surface area contributed by atoms with Gasteiger partial charge in [0.05, 0.1) is 11.4 Å². The van der Waals surface area contributed by atoms with Gasteiger partial charge in [0.25, 0.3) is 0 Å². The van der Waals surface area contributed by atoms with E-state index in [2.05, 4.69) is 83.6 Å². The molecule has 7 nitrogen and oxygen atoms in total. The normalized spacial score (nSPS) is 14.3. The molecule has 0 fully saturated rings. The summed E-state index contributed by atoms with van der Waals surface area (Å²) in [7, 11) is 0. The van der Waals surface area contributed by atoms with E-state index < -0.39 is 0 Å². The first-order valence-corrected chi connectivity index (χ1v) is 18.6. The van der Waals surface area contributed by atoms with Gasteiger partial charge in [-0.05, 0) is 66.3 Å². The van der Waals surface area contributed by atoms with E-state index in [1.807, 2.05) is 97.9 Å². The van der Waals surface area contributed by atoms with E-state index >= 15 is 0 Å². The molecule has 1 aliphatic carbocycles. The molecule has 1 unspecified atom stereocenters. The number of hydrogen-bond acceptors (Lipinski definition) is 7. The maximum Gasteiger partial charge on any atom is 0.182 e. The quantitative estimate of drug-likeness (QED) is 0.129. The second kappa shape index (κ2) is 16.3. The van der Waals surface area contributed by atoms with Crippen molar-refractivity contribution in [3.05, 3.63) is 205 Å². The Bertz CT molecular complexity index is 2620. The fourth-order valence-electron chi connectivity index (χ4n) is 6.90. The zero-order valence-corrected chi connectivity index (χ0v) is 31.0. The van der Waals surface area contributed by atoms with Crippen molar-refractivity contribution in [1.82, 2.24) is 19.9 Å². The number of hydrogen-bond donors (Lipinski definition) is 2. The Morgan fingerprint density at radius 1 is 0.768 bits per heavy atom. The van der Waals surface area contributed by atoms with Crippen LogP contribution in [0.3, 0.4) is 0 Å². The second-order valence-corrected chi connectivity index (χ2v) is 13.4. The summed E-state index contributed by atoms with van der Waals surface area (Å²) in [4.78, 5) is 23.8. The number of nitrogens with zero attached hydrogens (tertiary/aromatic N) is 5. The molecule has 0 saturated heterocycles. The fourth-order valence-corrected chi connectivity index (χ4v) is 6.90. The molecule has 1 atom stereocenters. The third-order valence-corrected chi connectivity index (χ3v) is 9.79. The summed E-state index contributed by atoms with van der Waals surface area (Å²) in [5.41, 5.74) is 9.51. The van der Waals surface area contributed by atoms with Gasteiger partial charge in [0.15, 0.2) is 17.5 Å². The first-order valence-electron chi connectivity index (χ1n) is 18.6. The van der Waals surface area contributed by atoms with Crippen LogP contribution in [0.4, 0.5) is 11.4 Å². The van der Waals surface area contributed by atoms with Gasteiger partial charge >= 0.3 is 0 Å². The van der Waals surface area contributed by atoms with Crippen LogP contribution in [-0.2, 0) is 0 Å². The minimum Gasteiger partial charge on any atom is -0.354 e. The van der Waals surface area contributed by atoms with Gasteiger partial charge in [-0.15, -0.1) is 0 Å². The Labute approximate surface area is 326 Å². The number of nitrogens with one attached hydrogen (secondary N) is 2. The average Bonchev–Trinajstić information content (AvgIpc) is 3.27. The molecule has 0 radical (unpaired) electrons. The van der Waals surface area contributed by atoms with Gasteiger partial charge in [-0.2, -0.15) is 0 Å². The molecule has 270 valence electrons. The molecule has 56 heavy (non-hydrogen) atoms. The van der Waals surface area contributed by atoms with Crippen molar-refractivity contribution < 1.29 is 0 Å². The largest absolute Gasteiger partial charge is 0.354 e. The Hall–Kier alpha value is -7.38. The van der Waals surface area contributed by atoms with E-state index in [9.17, 15) is 5.41 Å². The summed E-state index contributed by atoms with van der Waals surface area (Å²) in [6.45, 7) is 6.07. The highest BCUT2D eigenvalue weighted by molar-refractivity contribution is 6.13. The Kier molecular flexibility index (Phi) is 10.4. The number of anilines is 2. The summed E-state index contributed by atoms with van der Waals surface area (Å²) >= 11 is 0. The highest BCUT2D eigenvalue weighted by Gasteiger charge is 2.23. The van der Waals surface area contributed by atoms with E-state index in [0.717, 1.165) is 55.5 Å². The maximum absolute atomic E-state index is 9.54. The third-order valence-electron chi connectivity index (χ3n) is 9.79. The van der Waals surface area contributed by atoms with E-state index in [-0.39, 0.29) is 5.92 Å². The summed E-state index contributed by atoms with van der Waals surface area (Å²) in [5, 5.41) is 15.4. The molecule has 0 bridgehead atoms. The molecule has 7 heteroatoms. The van der Waals surface area contributed by atoms with Crippen LogP contribution in [0.25, 0.3) is 44.8 Å². The number of aliphatic imine (C=N–C) groups is 1. The summed E-state index contributed by atoms with van der Waals surface area (Å²) in [6, 6.07) is 44.6. The minimum absolute atomic E-state index is 0.115. The Morgan fingerprint density at radius 2 is 1.46 bits per heavy atom. The van der Waals surface area contributed by atoms with E-state index in [1.54, 1.807) is 18.5 Å². The number of allylic oxidation sites excluding steroid dienone is 6. The molecule has 2 N–H and O–H groups in total. The minimum atomic E-state index is -0.115. The van der Waals surface area contributed by atoms with Crippen LogP contribution >= 0.6 is 0 Å². The first kappa shape index (κ1) is 35.6.